The number of aromatic nitrogens is 2. The first-order valence-corrected chi connectivity index (χ1v) is 4.95. The first kappa shape index (κ1) is 11.1. The van der Waals surface area contributed by atoms with E-state index in [1.165, 1.54) is 12.4 Å². The Morgan fingerprint density at radius 1 is 1.24 bits per heavy atom. The van der Waals surface area contributed by atoms with Gasteiger partial charge in [-0.2, -0.15) is 0 Å². The lowest BCUT2D eigenvalue weighted by molar-refractivity contribution is 0.0683. The molecule has 0 radical (unpaired) electrons. The largest absolute Gasteiger partial charge is 0.475 e. The molecule has 17 heavy (non-hydrogen) atoms. The van der Waals surface area contributed by atoms with Crippen LogP contribution in [-0.4, -0.2) is 21.0 Å². The Hall–Kier alpha value is -2.43. The lowest BCUT2D eigenvalue weighted by Crippen LogP contribution is -2.03. The topological polar surface area (TPSA) is 72.3 Å². The zero-order valence-electron chi connectivity index (χ0n) is 9.12. The zero-order valence-corrected chi connectivity index (χ0v) is 9.12. The minimum absolute atomic E-state index is 0.249. The van der Waals surface area contributed by atoms with Gasteiger partial charge in [-0.15, -0.1) is 0 Å². The third-order valence-corrected chi connectivity index (χ3v) is 2.04. The molecule has 0 aliphatic carbocycles. The highest BCUT2D eigenvalue weighted by Gasteiger charge is 2.06. The molecule has 1 heterocycles. The number of aromatic carboxylic acids is 1. The van der Waals surface area contributed by atoms with Crippen molar-refractivity contribution in [3.05, 3.63) is 48.0 Å². The molecule has 0 spiro atoms. The molecule has 0 atom stereocenters. The van der Waals surface area contributed by atoms with Crippen LogP contribution in [0.4, 0.5) is 0 Å². The first-order valence-electron chi connectivity index (χ1n) is 4.95. The molecule has 86 valence electrons. The highest BCUT2D eigenvalue weighted by molar-refractivity contribution is 5.82. The predicted octanol–water partition coefficient (Wildman–Crippen LogP) is 2.28. The summed E-state index contributed by atoms with van der Waals surface area (Å²) in [6.45, 7) is 1.96. The summed E-state index contributed by atoms with van der Waals surface area (Å²) in [6.07, 6.45) is 2.66. The van der Waals surface area contributed by atoms with Crippen LogP contribution in [0.5, 0.6) is 11.5 Å². The zero-order chi connectivity index (χ0) is 12.3. The lowest BCUT2D eigenvalue weighted by atomic mass is 10.2. The summed E-state index contributed by atoms with van der Waals surface area (Å²) in [5, 5.41) is 8.64. The second-order valence-electron chi connectivity index (χ2n) is 3.47. The van der Waals surface area contributed by atoms with Crippen LogP contribution in [0, 0.1) is 6.92 Å². The van der Waals surface area contributed by atoms with Crippen LogP contribution in [0.2, 0.25) is 0 Å². The van der Waals surface area contributed by atoms with Gasteiger partial charge in [-0.3, -0.25) is 0 Å². The molecule has 1 aromatic carbocycles. The van der Waals surface area contributed by atoms with Crippen molar-refractivity contribution in [3.8, 4) is 11.5 Å². The van der Waals surface area contributed by atoms with Gasteiger partial charge in [0, 0.05) is 0 Å². The third kappa shape index (κ3) is 2.78. The molecule has 1 N–H and O–H groups in total. The highest BCUT2D eigenvalue weighted by atomic mass is 16.5. The molecule has 0 bridgehead atoms. The van der Waals surface area contributed by atoms with Gasteiger partial charge < -0.3 is 9.84 Å². The van der Waals surface area contributed by atoms with Crippen molar-refractivity contribution in [2.24, 2.45) is 0 Å². The molecule has 5 heteroatoms. The average Bonchev–Trinajstić information content (AvgIpc) is 2.29. The second-order valence-corrected chi connectivity index (χ2v) is 3.47. The van der Waals surface area contributed by atoms with Crippen LogP contribution < -0.4 is 4.74 Å². The number of carboxylic acids is 1. The fraction of sp³-hybridized carbons (Fsp3) is 0.0833. The summed E-state index contributed by atoms with van der Waals surface area (Å²) < 4.78 is 5.48. The quantitative estimate of drug-likeness (QED) is 0.875. The highest BCUT2D eigenvalue weighted by Crippen LogP contribution is 2.20. The maximum absolute atomic E-state index is 10.5. The van der Waals surface area contributed by atoms with Gasteiger partial charge >= 0.3 is 5.97 Å². The molecule has 0 amide bonds. The number of benzene rings is 1. The van der Waals surface area contributed by atoms with Gasteiger partial charge in [-0.05, 0) is 24.6 Å². The van der Waals surface area contributed by atoms with E-state index in [2.05, 4.69) is 9.97 Å². The standard InChI is InChI=1S/C12H10N2O3/c1-8-3-2-4-9(5-8)17-10-6-13-11(12(15)16)14-7-10/h2-7H,1H3,(H,15,16). The number of carbonyl (C=O) groups is 1. The van der Waals surface area contributed by atoms with Crippen molar-refractivity contribution in [2.75, 3.05) is 0 Å². The van der Waals surface area contributed by atoms with Crippen molar-refractivity contribution in [1.82, 2.24) is 9.97 Å². The molecule has 1 aromatic heterocycles. The van der Waals surface area contributed by atoms with E-state index in [4.69, 9.17) is 9.84 Å². The Kier molecular flexibility index (Phi) is 3.00. The maximum Gasteiger partial charge on any atom is 0.373 e. The number of ether oxygens (including phenoxy) is 1. The second kappa shape index (κ2) is 4.61. The summed E-state index contributed by atoms with van der Waals surface area (Å²) in [4.78, 5) is 17.9. The Bertz CT molecular complexity index is 538. The van der Waals surface area contributed by atoms with Crippen LogP contribution in [0.15, 0.2) is 36.7 Å². The van der Waals surface area contributed by atoms with Gasteiger partial charge in [-0.25, -0.2) is 14.8 Å². The SMILES string of the molecule is Cc1cccc(Oc2cnc(C(=O)O)nc2)c1. The molecule has 0 saturated carbocycles. The molecule has 0 aliphatic rings. The van der Waals surface area contributed by atoms with Crippen molar-refractivity contribution in [3.63, 3.8) is 0 Å². The average molecular weight is 230 g/mol. The van der Waals surface area contributed by atoms with Crippen LogP contribution in [0.25, 0.3) is 0 Å². The summed E-state index contributed by atoms with van der Waals surface area (Å²) in [5.41, 5.74) is 1.07. The van der Waals surface area contributed by atoms with Gasteiger partial charge in [0.1, 0.15) is 5.75 Å². The Morgan fingerprint density at radius 2 is 1.94 bits per heavy atom. The van der Waals surface area contributed by atoms with Gasteiger partial charge in [0.2, 0.25) is 5.82 Å². The van der Waals surface area contributed by atoms with Gasteiger partial charge in [0.25, 0.3) is 0 Å². The van der Waals surface area contributed by atoms with E-state index in [1.54, 1.807) is 6.07 Å². The van der Waals surface area contributed by atoms with E-state index >= 15 is 0 Å². The smallest absolute Gasteiger partial charge is 0.373 e. The minimum Gasteiger partial charge on any atom is -0.475 e. The number of rotatable bonds is 3. The van der Waals surface area contributed by atoms with E-state index < -0.39 is 5.97 Å². The Labute approximate surface area is 97.7 Å². The molecular formula is C12H10N2O3. The predicted molar refractivity (Wildman–Crippen MR) is 60.2 cm³/mol. The number of hydrogen-bond donors (Lipinski definition) is 1. The number of hydrogen-bond acceptors (Lipinski definition) is 4. The molecule has 2 rings (SSSR count). The molecule has 0 aliphatic heterocycles. The van der Waals surface area contributed by atoms with Gasteiger partial charge in [-0.1, -0.05) is 12.1 Å². The number of carboxylic acid groups (broad SMARTS) is 1. The van der Waals surface area contributed by atoms with Crippen molar-refractivity contribution in [1.29, 1.82) is 0 Å². The van der Waals surface area contributed by atoms with E-state index in [0.717, 1.165) is 5.56 Å². The van der Waals surface area contributed by atoms with E-state index in [9.17, 15) is 4.79 Å². The van der Waals surface area contributed by atoms with E-state index in [0.29, 0.717) is 11.5 Å². The summed E-state index contributed by atoms with van der Waals surface area (Å²) >= 11 is 0. The number of aryl methyl sites for hydroxylation is 1. The first-order chi connectivity index (χ1) is 8.15. The summed E-state index contributed by atoms with van der Waals surface area (Å²) in [5.74, 6) is -0.342. The fourth-order valence-corrected chi connectivity index (χ4v) is 1.29. The maximum atomic E-state index is 10.5. The minimum atomic E-state index is -1.16. The van der Waals surface area contributed by atoms with Crippen LogP contribution in [0.1, 0.15) is 16.2 Å². The Morgan fingerprint density at radius 3 is 2.53 bits per heavy atom. The molecular weight excluding hydrogens is 220 g/mol. The summed E-state index contributed by atoms with van der Waals surface area (Å²) in [6, 6.07) is 7.50. The number of nitrogens with zero attached hydrogens (tertiary/aromatic N) is 2. The third-order valence-electron chi connectivity index (χ3n) is 2.04. The van der Waals surface area contributed by atoms with Gasteiger partial charge in [0.05, 0.1) is 12.4 Å². The van der Waals surface area contributed by atoms with Crippen LogP contribution >= 0.6 is 0 Å². The molecule has 0 saturated heterocycles. The Balaban J connectivity index is 2.16. The van der Waals surface area contributed by atoms with Gasteiger partial charge in [0.15, 0.2) is 5.75 Å². The normalized spacial score (nSPS) is 9.94. The monoisotopic (exact) mass is 230 g/mol. The van der Waals surface area contributed by atoms with Crippen LogP contribution in [0.3, 0.4) is 0 Å². The molecule has 0 fully saturated rings. The van der Waals surface area contributed by atoms with Crippen molar-refractivity contribution in [2.45, 2.75) is 6.92 Å². The van der Waals surface area contributed by atoms with Crippen LogP contribution in [-0.2, 0) is 0 Å². The molecule has 2 aromatic rings. The van der Waals surface area contributed by atoms with Crippen molar-refractivity contribution >= 4 is 5.97 Å². The lowest BCUT2D eigenvalue weighted by Gasteiger charge is -2.05. The van der Waals surface area contributed by atoms with E-state index in [-0.39, 0.29) is 5.82 Å². The molecule has 0 unspecified atom stereocenters. The summed E-state index contributed by atoms with van der Waals surface area (Å²) in [7, 11) is 0. The fourth-order valence-electron chi connectivity index (χ4n) is 1.29. The van der Waals surface area contributed by atoms with Crippen molar-refractivity contribution < 1.29 is 14.6 Å². The molecule has 5 nitrogen and oxygen atoms in total. The van der Waals surface area contributed by atoms with E-state index in [1.807, 2.05) is 25.1 Å².